The van der Waals surface area contributed by atoms with Crippen LogP contribution in [-0.4, -0.2) is 42.3 Å². The second-order valence-corrected chi connectivity index (χ2v) is 2.21. The molecule has 0 aliphatic rings. The SMILES string of the molecule is CCNC(=O)C(OC=O)(OC=O)C(=O)O. The maximum absolute atomic E-state index is 11.2. The number of aliphatic carboxylic acids is 1. The van der Waals surface area contributed by atoms with Crippen LogP contribution in [0, 0.1) is 0 Å². The van der Waals surface area contributed by atoms with Gasteiger partial charge in [-0.2, -0.15) is 0 Å². The Morgan fingerprint density at radius 3 is 2.07 bits per heavy atom. The summed E-state index contributed by atoms with van der Waals surface area (Å²) >= 11 is 0. The monoisotopic (exact) mass is 219 g/mol. The number of carbonyl (C=O) groups excluding carboxylic acids is 3. The van der Waals surface area contributed by atoms with E-state index in [9.17, 15) is 19.2 Å². The summed E-state index contributed by atoms with van der Waals surface area (Å²) in [6.07, 6.45) is 0. The molecule has 0 unspecified atom stereocenters. The van der Waals surface area contributed by atoms with E-state index in [0.29, 0.717) is 0 Å². The fraction of sp³-hybridized carbons (Fsp3) is 0.429. The minimum absolute atomic E-state index is 0.0816. The van der Waals surface area contributed by atoms with Crippen molar-refractivity contribution >= 4 is 24.8 Å². The van der Waals surface area contributed by atoms with E-state index in [1.54, 1.807) is 0 Å². The van der Waals surface area contributed by atoms with Crippen molar-refractivity contribution in [2.75, 3.05) is 6.54 Å². The minimum atomic E-state index is -2.96. The first kappa shape index (κ1) is 12.9. The van der Waals surface area contributed by atoms with E-state index in [0.717, 1.165) is 0 Å². The Labute approximate surface area is 84.1 Å². The molecule has 0 aromatic carbocycles. The van der Waals surface area contributed by atoms with Crippen LogP contribution in [0.3, 0.4) is 0 Å². The third-order valence-corrected chi connectivity index (χ3v) is 1.35. The van der Waals surface area contributed by atoms with E-state index in [1.165, 1.54) is 6.92 Å². The second kappa shape index (κ2) is 5.58. The van der Waals surface area contributed by atoms with Gasteiger partial charge >= 0.3 is 17.7 Å². The Kier molecular flexibility index (Phi) is 4.79. The number of rotatable bonds is 7. The average molecular weight is 219 g/mol. The van der Waals surface area contributed by atoms with Gasteiger partial charge in [-0.25, -0.2) is 4.79 Å². The van der Waals surface area contributed by atoms with Gasteiger partial charge in [0.15, 0.2) is 0 Å². The molecule has 1 amide bonds. The number of likely N-dealkylation sites (N-methyl/N-ethyl adjacent to an activating group) is 1. The number of carboxylic acid groups (broad SMARTS) is 1. The summed E-state index contributed by atoms with van der Waals surface area (Å²) in [5, 5.41) is 10.7. The van der Waals surface area contributed by atoms with Gasteiger partial charge in [0, 0.05) is 6.54 Å². The summed E-state index contributed by atoms with van der Waals surface area (Å²) in [5.74, 6) is -6.12. The lowest BCUT2D eigenvalue weighted by Gasteiger charge is -2.22. The van der Waals surface area contributed by atoms with Crippen LogP contribution in [0.2, 0.25) is 0 Å². The molecule has 15 heavy (non-hydrogen) atoms. The zero-order chi connectivity index (χ0) is 11.9. The molecule has 8 nitrogen and oxygen atoms in total. The van der Waals surface area contributed by atoms with Crippen molar-refractivity contribution in [3.63, 3.8) is 0 Å². The molecular formula is C7H9NO7. The van der Waals surface area contributed by atoms with Gasteiger partial charge < -0.3 is 19.9 Å². The van der Waals surface area contributed by atoms with Crippen LogP contribution in [0.5, 0.6) is 0 Å². The highest BCUT2D eigenvalue weighted by atomic mass is 16.7. The summed E-state index contributed by atoms with van der Waals surface area (Å²) in [6.45, 7) is 0.990. The molecule has 0 aliphatic heterocycles. The largest absolute Gasteiger partial charge is 0.475 e. The highest BCUT2D eigenvalue weighted by molar-refractivity contribution is 6.05. The van der Waals surface area contributed by atoms with Gasteiger partial charge in [-0.1, -0.05) is 0 Å². The van der Waals surface area contributed by atoms with Gasteiger partial charge in [0.25, 0.3) is 12.9 Å². The van der Waals surface area contributed by atoms with Crippen LogP contribution in [0.1, 0.15) is 6.92 Å². The number of carbonyl (C=O) groups is 4. The van der Waals surface area contributed by atoms with Crippen LogP contribution >= 0.6 is 0 Å². The molecule has 2 N–H and O–H groups in total. The van der Waals surface area contributed by atoms with Crippen molar-refractivity contribution in [1.29, 1.82) is 0 Å². The molecule has 0 spiro atoms. The van der Waals surface area contributed by atoms with Gasteiger partial charge in [-0.15, -0.1) is 0 Å². The number of carboxylic acids is 1. The molecule has 0 atom stereocenters. The van der Waals surface area contributed by atoms with Gasteiger partial charge in [-0.05, 0) is 6.92 Å². The molecule has 0 saturated carbocycles. The molecular weight excluding hydrogens is 210 g/mol. The number of amides is 1. The summed E-state index contributed by atoms with van der Waals surface area (Å²) in [5.41, 5.74) is 0. The van der Waals surface area contributed by atoms with E-state index < -0.39 is 17.7 Å². The molecule has 0 aromatic heterocycles. The van der Waals surface area contributed by atoms with E-state index in [1.807, 2.05) is 5.32 Å². The molecule has 8 heteroatoms. The number of ether oxygens (including phenoxy) is 2. The number of nitrogens with one attached hydrogen (secondary N) is 1. The first-order valence-corrected chi connectivity index (χ1v) is 3.79. The van der Waals surface area contributed by atoms with Crippen LogP contribution < -0.4 is 5.32 Å². The Balaban J connectivity index is 5.08. The normalized spacial score (nSPS) is 9.93. The standard InChI is InChI=1S/C7H9NO7/c1-2-8-5(11)7(6(12)13,14-3-9)15-4-10/h3-4H,2H2,1H3,(H,8,11)(H,12,13). The lowest BCUT2D eigenvalue weighted by molar-refractivity contribution is -0.222. The summed E-state index contributed by atoms with van der Waals surface area (Å²) < 4.78 is 8.00. The van der Waals surface area contributed by atoms with Crippen molar-refractivity contribution in [3.05, 3.63) is 0 Å². The fourth-order valence-corrected chi connectivity index (χ4v) is 0.745. The predicted molar refractivity (Wildman–Crippen MR) is 43.3 cm³/mol. The first-order chi connectivity index (χ1) is 7.05. The Morgan fingerprint density at radius 2 is 1.80 bits per heavy atom. The van der Waals surface area contributed by atoms with Gasteiger partial charge in [0.1, 0.15) is 0 Å². The third-order valence-electron chi connectivity index (χ3n) is 1.35. The molecule has 0 saturated heterocycles. The number of hydrogen-bond donors (Lipinski definition) is 2. The summed E-state index contributed by atoms with van der Waals surface area (Å²) in [6, 6.07) is 0. The van der Waals surface area contributed by atoms with Crippen molar-refractivity contribution in [3.8, 4) is 0 Å². The maximum atomic E-state index is 11.2. The Morgan fingerprint density at radius 1 is 1.33 bits per heavy atom. The summed E-state index contributed by atoms with van der Waals surface area (Å²) in [7, 11) is 0. The topological polar surface area (TPSA) is 119 Å². The van der Waals surface area contributed by atoms with Gasteiger partial charge in [-0.3, -0.25) is 14.4 Å². The van der Waals surface area contributed by atoms with Gasteiger partial charge in [0.2, 0.25) is 0 Å². The van der Waals surface area contributed by atoms with Crippen LogP contribution in [0.4, 0.5) is 0 Å². The highest BCUT2D eigenvalue weighted by Crippen LogP contribution is 2.12. The summed E-state index contributed by atoms with van der Waals surface area (Å²) in [4.78, 5) is 42.0. The van der Waals surface area contributed by atoms with Gasteiger partial charge in [0.05, 0.1) is 0 Å². The van der Waals surface area contributed by atoms with Crippen molar-refractivity contribution < 1.29 is 33.8 Å². The Hall–Kier alpha value is -2.12. The minimum Gasteiger partial charge on any atom is -0.475 e. The lowest BCUT2D eigenvalue weighted by atomic mass is 10.2. The molecule has 0 aromatic rings. The van der Waals surface area contributed by atoms with Crippen LogP contribution in [0.15, 0.2) is 0 Å². The second-order valence-electron chi connectivity index (χ2n) is 2.21. The lowest BCUT2D eigenvalue weighted by Crippen LogP contribution is -2.56. The molecule has 0 bridgehead atoms. The smallest absolute Gasteiger partial charge is 0.437 e. The molecule has 0 heterocycles. The molecule has 0 aliphatic carbocycles. The average Bonchev–Trinajstić information content (AvgIpc) is 2.17. The van der Waals surface area contributed by atoms with E-state index in [-0.39, 0.29) is 19.5 Å². The van der Waals surface area contributed by atoms with Crippen molar-refractivity contribution in [1.82, 2.24) is 5.32 Å². The quantitative estimate of drug-likeness (QED) is 0.296. The van der Waals surface area contributed by atoms with E-state index in [4.69, 9.17) is 5.11 Å². The van der Waals surface area contributed by atoms with Crippen molar-refractivity contribution in [2.24, 2.45) is 0 Å². The van der Waals surface area contributed by atoms with Crippen LogP contribution in [-0.2, 0) is 28.7 Å². The zero-order valence-corrected chi connectivity index (χ0v) is 7.76. The van der Waals surface area contributed by atoms with Crippen molar-refractivity contribution in [2.45, 2.75) is 12.7 Å². The van der Waals surface area contributed by atoms with Crippen LogP contribution in [0.25, 0.3) is 0 Å². The molecule has 0 fully saturated rings. The Bertz CT molecular complexity index is 265. The molecule has 0 rings (SSSR count). The fourth-order valence-electron chi connectivity index (χ4n) is 0.745. The maximum Gasteiger partial charge on any atom is 0.437 e. The predicted octanol–water partition coefficient (Wildman–Crippen LogP) is -1.75. The molecule has 0 radical (unpaired) electrons. The number of hydrogen-bond acceptors (Lipinski definition) is 6. The molecule has 84 valence electrons. The highest BCUT2D eigenvalue weighted by Gasteiger charge is 2.52. The van der Waals surface area contributed by atoms with E-state index in [2.05, 4.69) is 9.47 Å². The van der Waals surface area contributed by atoms with E-state index >= 15 is 0 Å². The first-order valence-electron chi connectivity index (χ1n) is 3.79. The third kappa shape index (κ3) is 2.66. The zero-order valence-electron chi connectivity index (χ0n) is 7.76.